The van der Waals surface area contributed by atoms with Gasteiger partial charge in [0.25, 0.3) is 11.6 Å². The largest absolute Gasteiger partial charge is 0.322 e. The van der Waals surface area contributed by atoms with Gasteiger partial charge >= 0.3 is 0 Å². The van der Waals surface area contributed by atoms with Crippen molar-refractivity contribution in [2.75, 3.05) is 11.6 Å². The van der Waals surface area contributed by atoms with Gasteiger partial charge in [0.05, 0.1) is 9.82 Å². The van der Waals surface area contributed by atoms with E-state index in [-0.39, 0.29) is 16.1 Å². The molecule has 120 valence electrons. The predicted molar refractivity (Wildman–Crippen MR) is 85.3 cm³/mol. The third kappa shape index (κ3) is 3.92. The van der Waals surface area contributed by atoms with E-state index in [2.05, 4.69) is 5.32 Å². The molecule has 8 heteroatoms. The van der Waals surface area contributed by atoms with Crippen LogP contribution in [0.15, 0.2) is 47.4 Å². The molecule has 0 atom stereocenters. The minimum atomic E-state index is -3.37. The molecule has 7 nitrogen and oxygen atoms in total. The Morgan fingerprint density at radius 3 is 2.43 bits per heavy atom. The van der Waals surface area contributed by atoms with Crippen LogP contribution in [-0.2, 0) is 9.84 Å². The van der Waals surface area contributed by atoms with Crippen molar-refractivity contribution in [1.29, 1.82) is 0 Å². The van der Waals surface area contributed by atoms with Crippen LogP contribution in [0.1, 0.15) is 15.9 Å². The zero-order chi connectivity index (χ0) is 17.2. The molecular weight excluding hydrogens is 320 g/mol. The number of amides is 1. The summed E-state index contributed by atoms with van der Waals surface area (Å²) < 4.78 is 23.0. The van der Waals surface area contributed by atoms with Gasteiger partial charge in [0, 0.05) is 29.1 Å². The number of carbonyl (C=O) groups excluding carboxylic acids is 1. The second-order valence-electron chi connectivity index (χ2n) is 5.01. The van der Waals surface area contributed by atoms with E-state index in [4.69, 9.17) is 0 Å². The molecule has 2 aromatic rings. The highest BCUT2D eigenvalue weighted by molar-refractivity contribution is 7.90. The number of hydrogen-bond donors (Lipinski definition) is 1. The molecule has 1 N–H and O–H groups in total. The second-order valence-corrected chi connectivity index (χ2v) is 7.03. The SMILES string of the molecule is Cc1cc(C(=O)Nc2cccc(S(C)(=O)=O)c2)ccc1[N+](=O)[O-]. The van der Waals surface area contributed by atoms with Gasteiger partial charge in [-0.1, -0.05) is 6.07 Å². The maximum atomic E-state index is 12.2. The normalized spacial score (nSPS) is 11.0. The molecular formula is C15H14N2O5S. The fourth-order valence-corrected chi connectivity index (χ4v) is 2.68. The van der Waals surface area contributed by atoms with Gasteiger partial charge in [-0.3, -0.25) is 14.9 Å². The Hall–Kier alpha value is -2.74. The maximum absolute atomic E-state index is 12.2. The smallest absolute Gasteiger partial charge is 0.272 e. The van der Waals surface area contributed by atoms with Crippen molar-refractivity contribution in [2.24, 2.45) is 0 Å². The lowest BCUT2D eigenvalue weighted by Gasteiger charge is -2.07. The van der Waals surface area contributed by atoms with Gasteiger partial charge in [0.15, 0.2) is 9.84 Å². The molecule has 0 radical (unpaired) electrons. The molecule has 0 saturated heterocycles. The highest BCUT2D eigenvalue weighted by atomic mass is 32.2. The van der Waals surface area contributed by atoms with Gasteiger partial charge in [0.1, 0.15) is 0 Å². The fourth-order valence-electron chi connectivity index (χ4n) is 2.01. The molecule has 0 spiro atoms. The first-order chi connectivity index (χ1) is 10.7. The van der Waals surface area contributed by atoms with E-state index in [0.29, 0.717) is 11.3 Å². The van der Waals surface area contributed by atoms with E-state index < -0.39 is 20.7 Å². The van der Waals surface area contributed by atoms with Gasteiger partial charge in [-0.25, -0.2) is 8.42 Å². The minimum absolute atomic E-state index is 0.0689. The van der Waals surface area contributed by atoms with Crippen molar-refractivity contribution in [1.82, 2.24) is 0 Å². The summed E-state index contributed by atoms with van der Waals surface area (Å²) in [6.45, 7) is 1.54. The first-order valence-corrected chi connectivity index (χ1v) is 8.44. The topological polar surface area (TPSA) is 106 Å². The lowest BCUT2D eigenvalue weighted by atomic mass is 10.1. The zero-order valence-electron chi connectivity index (χ0n) is 12.4. The number of nitro groups is 1. The van der Waals surface area contributed by atoms with E-state index in [1.54, 1.807) is 13.0 Å². The van der Waals surface area contributed by atoms with E-state index in [9.17, 15) is 23.3 Å². The quantitative estimate of drug-likeness (QED) is 0.683. The Bertz CT molecular complexity index is 890. The molecule has 0 aromatic heterocycles. The van der Waals surface area contributed by atoms with E-state index in [0.717, 1.165) is 6.26 Å². The van der Waals surface area contributed by atoms with Crippen LogP contribution < -0.4 is 5.32 Å². The highest BCUT2D eigenvalue weighted by Crippen LogP contribution is 2.20. The Kier molecular flexibility index (Phi) is 4.46. The third-order valence-electron chi connectivity index (χ3n) is 3.18. The third-order valence-corrected chi connectivity index (χ3v) is 4.29. The first kappa shape index (κ1) is 16.6. The summed E-state index contributed by atoms with van der Waals surface area (Å²) in [6.07, 6.45) is 1.08. The number of sulfone groups is 1. The van der Waals surface area contributed by atoms with Crippen LogP contribution in [-0.4, -0.2) is 25.5 Å². The van der Waals surface area contributed by atoms with Gasteiger partial charge in [-0.2, -0.15) is 0 Å². The average molecular weight is 334 g/mol. The van der Waals surface area contributed by atoms with Crippen LogP contribution in [0.4, 0.5) is 11.4 Å². The number of anilines is 1. The number of carbonyl (C=O) groups is 1. The number of nitrogens with zero attached hydrogens (tertiary/aromatic N) is 1. The number of aryl methyl sites for hydroxylation is 1. The zero-order valence-corrected chi connectivity index (χ0v) is 13.3. The average Bonchev–Trinajstić information content (AvgIpc) is 2.46. The van der Waals surface area contributed by atoms with Crippen molar-refractivity contribution in [3.8, 4) is 0 Å². The van der Waals surface area contributed by atoms with Gasteiger partial charge in [-0.15, -0.1) is 0 Å². The van der Waals surface area contributed by atoms with Crippen molar-refractivity contribution >= 4 is 27.1 Å². The fraction of sp³-hybridized carbons (Fsp3) is 0.133. The van der Waals surface area contributed by atoms with Crippen LogP contribution in [0.3, 0.4) is 0 Å². The minimum Gasteiger partial charge on any atom is -0.322 e. The second kappa shape index (κ2) is 6.17. The number of benzene rings is 2. The molecule has 23 heavy (non-hydrogen) atoms. The summed E-state index contributed by atoms with van der Waals surface area (Å²) in [5.41, 5.74) is 0.875. The molecule has 1 amide bonds. The van der Waals surface area contributed by atoms with Gasteiger partial charge in [0.2, 0.25) is 0 Å². The van der Waals surface area contributed by atoms with Crippen LogP contribution in [0.2, 0.25) is 0 Å². The molecule has 2 rings (SSSR count). The van der Waals surface area contributed by atoms with Gasteiger partial charge < -0.3 is 5.32 Å². The molecule has 2 aromatic carbocycles. The summed E-state index contributed by atoms with van der Waals surface area (Å²) in [4.78, 5) is 22.5. The van der Waals surface area contributed by atoms with Crippen LogP contribution in [0.25, 0.3) is 0 Å². The van der Waals surface area contributed by atoms with Crippen molar-refractivity contribution in [2.45, 2.75) is 11.8 Å². The van der Waals surface area contributed by atoms with Crippen molar-refractivity contribution < 1.29 is 18.1 Å². The van der Waals surface area contributed by atoms with Crippen LogP contribution in [0, 0.1) is 17.0 Å². The standard InChI is InChI=1S/C15H14N2O5S/c1-10-8-11(6-7-14(10)17(19)20)15(18)16-12-4-3-5-13(9-12)23(2,21)22/h3-9H,1-2H3,(H,16,18). The Labute approximate surface area is 133 Å². The Morgan fingerprint density at radius 2 is 1.87 bits per heavy atom. The lowest BCUT2D eigenvalue weighted by Crippen LogP contribution is -2.12. The summed E-state index contributed by atoms with van der Waals surface area (Å²) in [5, 5.41) is 13.3. The number of nitro benzene ring substituents is 1. The number of hydrogen-bond acceptors (Lipinski definition) is 5. The highest BCUT2D eigenvalue weighted by Gasteiger charge is 2.14. The van der Waals surface area contributed by atoms with Crippen molar-refractivity contribution in [3.63, 3.8) is 0 Å². The number of rotatable bonds is 4. The van der Waals surface area contributed by atoms with Crippen LogP contribution >= 0.6 is 0 Å². The predicted octanol–water partition coefficient (Wildman–Crippen LogP) is 2.56. The summed E-state index contributed by atoms with van der Waals surface area (Å²) in [5.74, 6) is -0.478. The van der Waals surface area contributed by atoms with Crippen LogP contribution in [0.5, 0.6) is 0 Å². The Morgan fingerprint density at radius 1 is 1.17 bits per heavy atom. The van der Waals surface area contributed by atoms with Crippen molar-refractivity contribution in [3.05, 3.63) is 63.7 Å². The number of nitrogens with one attached hydrogen (secondary N) is 1. The maximum Gasteiger partial charge on any atom is 0.272 e. The molecule has 0 aliphatic carbocycles. The summed E-state index contributed by atoms with van der Waals surface area (Å²) in [7, 11) is -3.37. The first-order valence-electron chi connectivity index (χ1n) is 6.55. The monoisotopic (exact) mass is 334 g/mol. The Balaban J connectivity index is 2.26. The van der Waals surface area contributed by atoms with Gasteiger partial charge in [-0.05, 0) is 37.3 Å². The molecule has 0 saturated carbocycles. The molecule has 0 bridgehead atoms. The summed E-state index contributed by atoms with van der Waals surface area (Å²) >= 11 is 0. The van der Waals surface area contributed by atoms with E-state index in [1.807, 2.05) is 0 Å². The van der Waals surface area contributed by atoms with E-state index in [1.165, 1.54) is 36.4 Å². The molecule has 0 aliphatic rings. The lowest BCUT2D eigenvalue weighted by molar-refractivity contribution is -0.385. The summed E-state index contributed by atoms with van der Waals surface area (Å²) in [6, 6.07) is 9.89. The molecule has 0 heterocycles. The van der Waals surface area contributed by atoms with E-state index >= 15 is 0 Å². The molecule has 0 unspecified atom stereocenters. The molecule has 0 fully saturated rings. The molecule has 0 aliphatic heterocycles.